The lowest BCUT2D eigenvalue weighted by Gasteiger charge is -2.32. The molecule has 6 heteroatoms. The second-order valence-electron chi connectivity index (χ2n) is 5.22. The van der Waals surface area contributed by atoms with Crippen LogP contribution in [-0.2, 0) is 11.8 Å². The van der Waals surface area contributed by atoms with Gasteiger partial charge in [0.25, 0.3) is 5.91 Å². The normalized spacial score (nSPS) is 16.7. The fourth-order valence-electron chi connectivity index (χ4n) is 2.68. The molecule has 1 aromatic rings. The number of rotatable bonds is 4. The smallest absolute Gasteiger partial charge is 0.257 e. The minimum atomic E-state index is 0.104. The predicted octanol–water partition coefficient (Wildman–Crippen LogP) is 2.05. The summed E-state index contributed by atoms with van der Waals surface area (Å²) in [6.45, 7) is 6.10. The van der Waals surface area contributed by atoms with Gasteiger partial charge in [-0.05, 0) is 26.7 Å². The zero-order chi connectivity index (χ0) is 14.7. The van der Waals surface area contributed by atoms with Crippen LogP contribution in [0, 0.1) is 13.8 Å². The van der Waals surface area contributed by atoms with Crippen LogP contribution >= 0.6 is 15.9 Å². The molecule has 0 saturated carbocycles. The van der Waals surface area contributed by atoms with E-state index in [1.807, 2.05) is 25.8 Å². The summed E-state index contributed by atoms with van der Waals surface area (Å²) >= 11 is 3.36. The van der Waals surface area contributed by atoms with Crippen molar-refractivity contribution in [1.29, 1.82) is 0 Å². The number of hydrogen-bond donors (Lipinski definition) is 0. The van der Waals surface area contributed by atoms with E-state index in [1.54, 1.807) is 4.68 Å². The van der Waals surface area contributed by atoms with Crippen molar-refractivity contribution in [3.63, 3.8) is 0 Å². The number of carbonyl (C=O) groups excluding carboxylic acids is 1. The van der Waals surface area contributed by atoms with Gasteiger partial charge in [0, 0.05) is 31.2 Å². The van der Waals surface area contributed by atoms with E-state index in [2.05, 4.69) is 21.0 Å². The van der Waals surface area contributed by atoms with E-state index in [4.69, 9.17) is 4.74 Å². The number of ether oxygens (including phenoxy) is 1. The monoisotopic (exact) mass is 343 g/mol. The minimum absolute atomic E-state index is 0.104. The Bertz CT molecular complexity index is 479. The van der Waals surface area contributed by atoms with E-state index in [-0.39, 0.29) is 12.0 Å². The fraction of sp³-hybridized carbons (Fsp3) is 0.714. The Kier molecular flexibility index (Phi) is 5.21. The number of hydrogen-bond acceptors (Lipinski definition) is 3. The quantitative estimate of drug-likeness (QED) is 0.786. The van der Waals surface area contributed by atoms with Crippen LogP contribution in [0.25, 0.3) is 0 Å². The van der Waals surface area contributed by atoms with Gasteiger partial charge in [0.2, 0.25) is 0 Å². The predicted molar refractivity (Wildman–Crippen MR) is 81.4 cm³/mol. The standard InChI is InChI=1S/C14H22BrN3O2/c1-10-13(11(2)17(3)16-10)14(19)18-7-4-12(5-8-18)20-9-6-15/h12H,4-9H2,1-3H3. The Hall–Kier alpha value is -0.880. The summed E-state index contributed by atoms with van der Waals surface area (Å²) in [4.78, 5) is 14.5. The Morgan fingerprint density at radius 2 is 2.05 bits per heavy atom. The first-order valence-electron chi connectivity index (χ1n) is 7.01. The molecule has 0 radical (unpaired) electrons. The van der Waals surface area contributed by atoms with Gasteiger partial charge >= 0.3 is 0 Å². The Morgan fingerprint density at radius 3 is 2.55 bits per heavy atom. The molecule has 1 saturated heterocycles. The summed E-state index contributed by atoms with van der Waals surface area (Å²) in [5.74, 6) is 0.104. The number of likely N-dealkylation sites (tertiary alicyclic amines) is 1. The summed E-state index contributed by atoms with van der Waals surface area (Å²) < 4.78 is 7.49. The number of carbonyl (C=O) groups is 1. The number of alkyl halides is 1. The average Bonchev–Trinajstić information content (AvgIpc) is 2.70. The molecule has 20 heavy (non-hydrogen) atoms. The summed E-state index contributed by atoms with van der Waals surface area (Å²) in [6.07, 6.45) is 2.11. The van der Waals surface area contributed by atoms with E-state index >= 15 is 0 Å². The Labute approximate surface area is 128 Å². The highest BCUT2D eigenvalue weighted by atomic mass is 79.9. The average molecular weight is 344 g/mol. The van der Waals surface area contributed by atoms with E-state index in [0.29, 0.717) is 0 Å². The van der Waals surface area contributed by atoms with Crippen molar-refractivity contribution in [1.82, 2.24) is 14.7 Å². The topological polar surface area (TPSA) is 47.4 Å². The molecule has 5 nitrogen and oxygen atoms in total. The van der Waals surface area contributed by atoms with Crippen LogP contribution in [-0.4, -0.2) is 51.7 Å². The van der Waals surface area contributed by atoms with Gasteiger partial charge in [-0.3, -0.25) is 9.48 Å². The van der Waals surface area contributed by atoms with Gasteiger partial charge < -0.3 is 9.64 Å². The van der Waals surface area contributed by atoms with Crippen LogP contribution in [0.5, 0.6) is 0 Å². The number of nitrogens with zero attached hydrogens (tertiary/aromatic N) is 3. The lowest BCUT2D eigenvalue weighted by Crippen LogP contribution is -2.41. The maximum atomic E-state index is 12.6. The molecule has 0 spiro atoms. The molecular formula is C14H22BrN3O2. The summed E-state index contributed by atoms with van der Waals surface area (Å²) in [7, 11) is 1.87. The number of halogens is 1. The molecule has 1 amide bonds. The SMILES string of the molecule is Cc1nn(C)c(C)c1C(=O)N1CCC(OCCBr)CC1. The van der Waals surface area contributed by atoms with E-state index in [9.17, 15) is 4.79 Å². The Balaban J connectivity index is 1.98. The molecule has 112 valence electrons. The van der Waals surface area contributed by atoms with Crippen LogP contribution in [0.3, 0.4) is 0 Å². The maximum absolute atomic E-state index is 12.6. The molecule has 1 aromatic heterocycles. The minimum Gasteiger partial charge on any atom is -0.377 e. The maximum Gasteiger partial charge on any atom is 0.257 e. The number of amides is 1. The van der Waals surface area contributed by atoms with Crippen LogP contribution in [0.2, 0.25) is 0 Å². The van der Waals surface area contributed by atoms with Crippen molar-refractivity contribution in [2.75, 3.05) is 25.0 Å². The second kappa shape index (κ2) is 6.72. The van der Waals surface area contributed by atoms with Crippen molar-refractivity contribution in [3.05, 3.63) is 17.0 Å². The summed E-state index contributed by atoms with van der Waals surface area (Å²) in [6, 6.07) is 0. The van der Waals surface area contributed by atoms with Crippen molar-refractivity contribution >= 4 is 21.8 Å². The third kappa shape index (κ3) is 3.23. The highest BCUT2D eigenvalue weighted by Crippen LogP contribution is 2.19. The lowest BCUT2D eigenvalue weighted by atomic mass is 10.1. The van der Waals surface area contributed by atoms with Gasteiger partial charge in [-0.1, -0.05) is 15.9 Å². The number of piperidine rings is 1. The Morgan fingerprint density at radius 1 is 1.40 bits per heavy atom. The molecule has 0 aliphatic carbocycles. The van der Waals surface area contributed by atoms with E-state index < -0.39 is 0 Å². The third-order valence-corrected chi connectivity index (χ3v) is 4.21. The van der Waals surface area contributed by atoms with E-state index in [1.165, 1.54) is 0 Å². The molecule has 1 aliphatic heterocycles. The van der Waals surface area contributed by atoms with Crippen molar-refractivity contribution in [2.45, 2.75) is 32.8 Å². The van der Waals surface area contributed by atoms with Crippen molar-refractivity contribution in [2.24, 2.45) is 7.05 Å². The molecule has 0 N–H and O–H groups in total. The molecule has 2 heterocycles. The van der Waals surface area contributed by atoms with Crippen LogP contribution in [0.15, 0.2) is 0 Å². The highest BCUT2D eigenvalue weighted by Gasteiger charge is 2.27. The summed E-state index contributed by atoms with van der Waals surface area (Å²) in [5, 5.41) is 5.18. The lowest BCUT2D eigenvalue weighted by molar-refractivity contribution is 0.0159. The molecule has 0 bridgehead atoms. The van der Waals surface area contributed by atoms with Gasteiger partial charge in [0.15, 0.2) is 0 Å². The molecule has 1 fully saturated rings. The fourth-order valence-corrected chi connectivity index (χ4v) is 2.86. The van der Waals surface area contributed by atoms with Crippen LogP contribution in [0.1, 0.15) is 34.6 Å². The first kappa shape index (κ1) is 15.5. The zero-order valence-corrected chi connectivity index (χ0v) is 13.9. The highest BCUT2D eigenvalue weighted by molar-refractivity contribution is 9.09. The number of aromatic nitrogens is 2. The second-order valence-corrected chi connectivity index (χ2v) is 6.01. The van der Waals surface area contributed by atoms with Gasteiger partial charge in [-0.2, -0.15) is 5.10 Å². The van der Waals surface area contributed by atoms with Crippen molar-refractivity contribution < 1.29 is 9.53 Å². The van der Waals surface area contributed by atoms with Gasteiger partial charge in [-0.25, -0.2) is 0 Å². The van der Waals surface area contributed by atoms with E-state index in [0.717, 1.165) is 54.8 Å². The zero-order valence-electron chi connectivity index (χ0n) is 12.4. The molecule has 2 rings (SSSR count). The first-order chi connectivity index (χ1) is 9.54. The van der Waals surface area contributed by atoms with Crippen molar-refractivity contribution in [3.8, 4) is 0 Å². The largest absolute Gasteiger partial charge is 0.377 e. The molecule has 0 aromatic carbocycles. The van der Waals surface area contributed by atoms with Gasteiger partial charge in [-0.15, -0.1) is 0 Å². The molecular weight excluding hydrogens is 322 g/mol. The first-order valence-corrected chi connectivity index (χ1v) is 8.13. The van der Waals surface area contributed by atoms with Gasteiger partial charge in [0.1, 0.15) is 0 Å². The summed E-state index contributed by atoms with van der Waals surface area (Å²) in [5.41, 5.74) is 2.50. The molecule has 0 atom stereocenters. The molecule has 0 unspecified atom stereocenters. The van der Waals surface area contributed by atoms with Crippen LogP contribution < -0.4 is 0 Å². The van der Waals surface area contributed by atoms with Crippen LogP contribution in [0.4, 0.5) is 0 Å². The van der Waals surface area contributed by atoms with Gasteiger partial charge in [0.05, 0.1) is 24.0 Å². The number of aryl methyl sites for hydroxylation is 2. The third-order valence-electron chi connectivity index (χ3n) is 3.88. The molecule has 1 aliphatic rings.